The van der Waals surface area contributed by atoms with Crippen LogP contribution in [0.15, 0.2) is 0 Å². The molecule has 1 fully saturated rings. The summed E-state index contributed by atoms with van der Waals surface area (Å²) in [7, 11) is 0. The van der Waals surface area contributed by atoms with Crippen LogP contribution in [0.2, 0.25) is 0 Å². The summed E-state index contributed by atoms with van der Waals surface area (Å²) in [5, 5.41) is 3.11. The molecule has 1 aliphatic rings. The molecule has 1 N–H and O–H groups in total. The minimum absolute atomic E-state index is 1.25. The van der Waals surface area contributed by atoms with E-state index in [0.29, 0.717) is 0 Å². The van der Waals surface area contributed by atoms with Crippen LogP contribution < -0.4 is 5.32 Å². The summed E-state index contributed by atoms with van der Waals surface area (Å²) in [6.45, 7) is 2.50. The predicted octanol–water partition coefficient (Wildman–Crippen LogP) is -0.0203. The Labute approximate surface area is 26.0 Å². The molecule has 0 aliphatic carbocycles. The SMILES string of the molecule is C1CN[14CH2]1. The Morgan fingerprint density at radius 2 is 2.00 bits per heavy atom. The van der Waals surface area contributed by atoms with Crippen molar-refractivity contribution in [3.8, 4) is 0 Å². The molecule has 0 aromatic carbocycles. The van der Waals surface area contributed by atoms with Gasteiger partial charge in [0, 0.05) is 0 Å². The van der Waals surface area contributed by atoms with Gasteiger partial charge in [0.05, 0.1) is 0 Å². The smallest absolute Gasteiger partial charge is 0.00368 e. The van der Waals surface area contributed by atoms with Crippen molar-refractivity contribution in [1.82, 2.24) is 5.32 Å². The summed E-state index contributed by atoms with van der Waals surface area (Å²) in [6.07, 6.45) is 1.39. The minimum Gasteiger partial charge on any atom is -0.317 e. The molecule has 1 nitrogen and oxygen atoms in total. The zero-order valence-corrected chi connectivity index (χ0v) is 2.62. The first kappa shape index (κ1) is 2.21. The molecular formula is C3H7N. The van der Waals surface area contributed by atoms with Crippen LogP contribution in [-0.2, 0) is 0 Å². The molecule has 1 aliphatic heterocycles. The van der Waals surface area contributed by atoms with Gasteiger partial charge in [-0.2, -0.15) is 0 Å². The van der Waals surface area contributed by atoms with E-state index in [9.17, 15) is 0 Å². The highest BCUT2D eigenvalue weighted by Gasteiger charge is 1.92. The lowest BCUT2D eigenvalue weighted by molar-refractivity contribution is 0.527. The van der Waals surface area contributed by atoms with Crippen molar-refractivity contribution >= 4 is 0 Å². The fourth-order valence-corrected chi connectivity index (χ4v) is 0.177. The second-order valence-corrected chi connectivity index (χ2v) is 1.10. The molecule has 0 spiro atoms. The summed E-state index contributed by atoms with van der Waals surface area (Å²) in [4.78, 5) is 0. The molecular weight excluding hydrogens is 52.0 g/mol. The zero-order valence-electron chi connectivity index (χ0n) is 2.62. The Hall–Kier alpha value is -0.0400. The summed E-state index contributed by atoms with van der Waals surface area (Å²) in [5.41, 5.74) is 0. The molecule has 0 saturated carbocycles. The van der Waals surface area contributed by atoms with Crippen molar-refractivity contribution in [3.05, 3.63) is 0 Å². The molecule has 0 aromatic rings. The van der Waals surface area contributed by atoms with Gasteiger partial charge in [-0.1, -0.05) is 0 Å². The Kier molecular flexibility index (Phi) is 0.401. The van der Waals surface area contributed by atoms with Crippen molar-refractivity contribution < 1.29 is 0 Å². The molecule has 0 radical (unpaired) electrons. The Morgan fingerprint density at radius 3 is 2.00 bits per heavy atom. The number of nitrogens with one attached hydrogen (secondary N) is 1. The van der Waals surface area contributed by atoms with E-state index in [1.54, 1.807) is 0 Å². The van der Waals surface area contributed by atoms with Crippen molar-refractivity contribution in [3.63, 3.8) is 0 Å². The summed E-state index contributed by atoms with van der Waals surface area (Å²) in [5.74, 6) is 0. The van der Waals surface area contributed by atoms with E-state index in [-0.39, 0.29) is 0 Å². The van der Waals surface area contributed by atoms with Crippen LogP contribution in [0.4, 0.5) is 0 Å². The maximum atomic E-state index is 3.11. The van der Waals surface area contributed by atoms with Gasteiger partial charge in [0.1, 0.15) is 0 Å². The van der Waals surface area contributed by atoms with Gasteiger partial charge in [0.2, 0.25) is 0 Å². The molecule has 1 rings (SSSR count). The van der Waals surface area contributed by atoms with Crippen molar-refractivity contribution in [1.29, 1.82) is 0 Å². The second-order valence-electron chi connectivity index (χ2n) is 1.10. The van der Waals surface area contributed by atoms with Crippen LogP contribution in [0.3, 0.4) is 0 Å². The summed E-state index contributed by atoms with van der Waals surface area (Å²) in [6, 6.07) is 0. The largest absolute Gasteiger partial charge is 0.317 e. The van der Waals surface area contributed by atoms with Gasteiger partial charge in [0.15, 0.2) is 0 Å². The molecule has 24 valence electrons. The molecule has 1 saturated heterocycles. The Balaban J connectivity index is 2.00. The molecule has 1 heteroatoms. The number of hydrogen-bond acceptors (Lipinski definition) is 1. The molecule has 0 bridgehead atoms. The lowest BCUT2D eigenvalue weighted by Crippen LogP contribution is -2.29. The van der Waals surface area contributed by atoms with E-state index in [0.717, 1.165) is 0 Å². The highest BCUT2D eigenvalue weighted by Crippen LogP contribution is 1.80. The molecule has 0 amide bonds. The lowest BCUT2D eigenvalue weighted by Gasteiger charge is -2.09. The lowest BCUT2D eigenvalue weighted by atomic mass is 10.6. The Morgan fingerprint density at radius 1 is 1.75 bits per heavy atom. The maximum Gasteiger partial charge on any atom is -0.00368 e. The zero-order chi connectivity index (χ0) is 2.83. The fraction of sp³-hybridized carbons (Fsp3) is 1.00. The minimum atomic E-state index is 1.25. The van der Waals surface area contributed by atoms with Gasteiger partial charge in [-0.25, -0.2) is 0 Å². The van der Waals surface area contributed by atoms with E-state index in [1.165, 1.54) is 19.5 Å². The monoisotopic (exact) mass is 59.1 g/mol. The topological polar surface area (TPSA) is 12.0 Å². The molecule has 0 unspecified atom stereocenters. The van der Waals surface area contributed by atoms with Crippen LogP contribution in [0.1, 0.15) is 6.42 Å². The molecule has 4 heavy (non-hydrogen) atoms. The molecule has 1 heterocycles. The first-order chi connectivity index (χ1) is 2.00. The average molecular weight is 59.1 g/mol. The predicted molar refractivity (Wildman–Crippen MR) is 17.5 cm³/mol. The highest BCUT2D eigenvalue weighted by atomic mass is 15.4. The van der Waals surface area contributed by atoms with Crippen LogP contribution in [0.5, 0.6) is 0 Å². The third-order valence-electron chi connectivity index (χ3n) is 0.707. The van der Waals surface area contributed by atoms with E-state index < -0.39 is 0 Å². The molecule has 0 aromatic heterocycles. The van der Waals surface area contributed by atoms with Crippen molar-refractivity contribution in [2.75, 3.05) is 13.1 Å². The quantitative estimate of drug-likeness (QED) is 0.413. The van der Waals surface area contributed by atoms with Gasteiger partial charge >= 0.3 is 0 Å². The van der Waals surface area contributed by atoms with Gasteiger partial charge < -0.3 is 5.32 Å². The second kappa shape index (κ2) is 0.725. The van der Waals surface area contributed by atoms with E-state index in [2.05, 4.69) is 5.32 Å². The normalized spacial score (nSPS) is 24.0. The number of rotatable bonds is 0. The summed E-state index contributed by atoms with van der Waals surface area (Å²) < 4.78 is 0. The highest BCUT2D eigenvalue weighted by molar-refractivity contribution is 4.56. The van der Waals surface area contributed by atoms with E-state index >= 15 is 0 Å². The van der Waals surface area contributed by atoms with Gasteiger partial charge in [-0.3, -0.25) is 0 Å². The van der Waals surface area contributed by atoms with E-state index in [4.69, 9.17) is 0 Å². The van der Waals surface area contributed by atoms with Crippen LogP contribution in [-0.4, -0.2) is 13.1 Å². The fourth-order valence-electron chi connectivity index (χ4n) is 0.177. The van der Waals surface area contributed by atoms with Gasteiger partial charge in [0.25, 0.3) is 0 Å². The van der Waals surface area contributed by atoms with Crippen LogP contribution in [0, 0.1) is 0 Å². The first-order valence-electron chi connectivity index (χ1n) is 1.71. The molecule has 0 atom stereocenters. The van der Waals surface area contributed by atoms with E-state index in [1.807, 2.05) is 0 Å². The number of hydrogen-bond donors (Lipinski definition) is 1. The van der Waals surface area contributed by atoms with Gasteiger partial charge in [-0.15, -0.1) is 0 Å². The van der Waals surface area contributed by atoms with Crippen LogP contribution in [0.25, 0.3) is 0 Å². The average Bonchev–Trinajstić information content (AvgIpc) is 0.722. The van der Waals surface area contributed by atoms with Gasteiger partial charge in [-0.05, 0) is 19.5 Å². The van der Waals surface area contributed by atoms with Crippen molar-refractivity contribution in [2.24, 2.45) is 0 Å². The standard InChI is InChI=1S/C3H7N/c1-2-4-3-1/h4H,1-3H2/i2+2. The third kappa shape index (κ3) is 0.115. The maximum absolute atomic E-state index is 3.11. The summed E-state index contributed by atoms with van der Waals surface area (Å²) >= 11 is 0. The third-order valence-corrected chi connectivity index (χ3v) is 0.707. The van der Waals surface area contributed by atoms with Crippen LogP contribution >= 0.6 is 0 Å². The first-order valence-corrected chi connectivity index (χ1v) is 1.71. The van der Waals surface area contributed by atoms with Crippen molar-refractivity contribution in [2.45, 2.75) is 6.42 Å². The Bertz CT molecular complexity index is 11.2.